The van der Waals surface area contributed by atoms with Gasteiger partial charge >= 0.3 is 0 Å². The van der Waals surface area contributed by atoms with Crippen molar-refractivity contribution < 1.29 is 0 Å². The second kappa shape index (κ2) is 13.0. The van der Waals surface area contributed by atoms with Crippen LogP contribution in [0.4, 0.5) is 0 Å². The molecule has 0 atom stereocenters. The van der Waals surface area contributed by atoms with E-state index in [0.29, 0.717) is 12.0 Å². The third kappa shape index (κ3) is 8.13. The minimum absolute atomic E-state index is 0. The number of nitrogens with zero attached hydrogens (tertiary/aromatic N) is 2. The van der Waals surface area contributed by atoms with Crippen LogP contribution in [0.1, 0.15) is 66.6 Å². The number of aromatic nitrogens is 2. The molecular formula is C13H29IN2. The zero-order chi connectivity index (χ0) is 12.4. The van der Waals surface area contributed by atoms with E-state index in [4.69, 9.17) is 0 Å². The molecule has 2 nitrogen and oxygen atoms in total. The van der Waals surface area contributed by atoms with Crippen molar-refractivity contribution in [3.63, 3.8) is 0 Å². The maximum atomic E-state index is 4.43. The van der Waals surface area contributed by atoms with E-state index in [2.05, 4.69) is 61.5 Å². The molecule has 0 aromatic carbocycles. The molecule has 0 saturated heterocycles. The summed E-state index contributed by atoms with van der Waals surface area (Å²) in [5.74, 6) is 0.537. The summed E-state index contributed by atoms with van der Waals surface area (Å²) in [5.41, 5.74) is 1.18. The molecule has 0 amide bonds. The number of hydrogen-bond donors (Lipinski definition) is 0. The molecule has 0 unspecified atom stereocenters. The lowest BCUT2D eigenvalue weighted by atomic mass is 10.1. The van der Waals surface area contributed by atoms with Gasteiger partial charge in [-0.1, -0.05) is 57.7 Å². The maximum Gasteiger partial charge on any atom is 0.0650 e. The maximum absolute atomic E-state index is 4.43. The van der Waals surface area contributed by atoms with Crippen molar-refractivity contribution in [2.75, 3.05) is 4.93 Å². The van der Waals surface area contributed by atoms with Crippen LogP contribution >= 0.6 is 22.6 Å². The van der Waals surface area contributed by atoms with Crippen LogP contribution in [-0.2, 0) is 0 Å². The molecule has 98 valence electrons. The number of halogens is 1. The molecule has 0 fully saturated rings. The first-order valence-corrected chi connectivity index (χ1v) is 7.70. The van der Waals surface area contributed by atoms with Crippen LogP contribution in [0.15, 0.2) is 12.3 Å². The normalized spacial score (nSPS) is 8.62. The molecule has 3 heteroatoms. The van der Waals surface area contributed by atoms with Gasteiger partial charge in [0.05, 0.1) is 5.69 Å². The highest BCUT2D eigenvalue weighted by atomic mass is 127. The number of hydrogen-bond acceptors (Lipinski definition) is 1. The van der Waals surface area contributed by atoms with Gasteiger partial charge in [-0.25, -0.2) is 0 Å². The summed E-state index contributed by atoms with van der Waals surface area (Å²) in [6.07, 6.45) is 2.04. The van der Waals surface area contributed by atoms with Gasteiger partial charge in [0.25, 0.3) is 0 Å². The van der Waals surface area contributed by atoms with Crippen LogP contribution in [0.5, 0.6) is 0 Å². The lowest BCUT2D eigenvalue weighted by Gasteiger charge is -2.04. The topological polar surface area (TPSA) is 17.8 Å². The Morgan fingerprint density at radius 2 is 1.56 bits per heavy atom. The molecular weight excluding hydrogens is 311 g/mol. The molecule has 1 aromatic rings. The van der Waals surface area contributed by atoms with E-state index in [1.54, 1.807) is 0 Å². The minimum Gasteiger partial charge on any atom is -0.270 e. The largest absolute Gasteiger partial charge is 0.270 e. The third-order valence-corrected chi connectivity index (χ3v) is 1.75. The molecule has 0 aliphatic rings. The Morgan fingerprint density at radius 3 is 1.75 bits per heavy atom. The van der Waals surface area contributed by atoms with E-state index >= 15 is 0 Å². The van der Waals surface area contributed by atoms with Crippen molar-refractivity contribution >= 4 is 22.6 Å². The van der Waals surface area contributed by atoms with E-state index < -0.39 is 0 Å². The molecule has 0 aliphatic carbocycles. The fourth-order valence-corrected chi connectivity index (χ4v) is 0.948. The first-order valence-electron chi connectivity index (χ1n) is 5.54. The fraction of sp³-hybridized carbons (Fsp3) is 0.769. The van der Waals surface area contributed by atoms with Crippen molar-refractivity contribution in [2.24, 2.45) is 0 Å². The van der Waals surface area contributed by atoms with E-state index in [1.165, 1.54) is 5.69 Å². The molecule has 0 N–H and O–H groups in total. The van der Waals surface area contributed by atoms with Crippen LogP contribution in [-0.4, -0.2) is 14.7 Å². The Kier molecular flexibility index (Phi) is 17.3. The standard InChI is InChI=1S/C9H16N2.C2H6.CH3I.CH4/c1-7(2)9-5-6-11(10-9)8(3)4;2*1-2;/h5-8H,1-4H3;1-2H3;1H3;1H4. The molecule has 16 heavy (non-hydrogen) atoms. The van der Waals surface area contributed by atoms with E-state index in [1.807, 2.05) is 29.7 Å². The van der Waals surface area contributed by atoms with Gasteiger partial charge in [-0.3, -0.25) is 4.68 Å². The molecule has 1 heterocycles. The SMILES string of the molecule is C.CC.CC(C)c1ccn(C(C)C)n1.CI. The van der Waals surface area contributed by atoms with Crippen LogP contribution in [0.3, 0.4) is 0 Å². The van der Waals surface area contributed by atoms with Crippen molar-refractivity contribution in [3.05, 3.63) is 18.0 Å². The van der Waals surface area contributed by atoms with Gasteiger partial charge in [0.2, 0.25) is 0 Å². The minimum atomic E-state index is 0. The number of rotatable bonds is 2. The number of alkyl halides is 1. The van der Waals surface area contributed by atoms with Gasteiger partial charge < -0.3 is 0 Å². The average molecular weight is 340 g/mol. The molecule has 0 spiro atoms. The molecule has 0 bridgehead atoms. The molecule has 1 rings (SSSR count). The van der Waals surface area contributed by atoms with Gasteiger partial charge in [-0.15, -0.1) is 0 Å². The van der Waals surface area contributed by atoms with E-state index in [0.717, 1.165) is 0 Å². The second-order valence-electron chi connectivity index (χ2n) is 3.47. The summed E-state index contributed by atoms with van der Waals surface area (Å²) in [7, 11) is 0. The Balaban J connectivity index is -0.000000305. The quantitative estimate of drug-likeness (QED) is 0.528. The zero-order valence-electron chi connectivity index (χ0n) is 11.1. The van der Waals surface area contributed by atoms with Crippen molar-refractivity contribution in [3.8, 4) is 0 Å². The molecule has 0 saturated carbocycles. The molecule has 0 radical (unpaired) electrons. The summed E-state index contributed by atoms with van der Waals surface area (Å²) in [6.45, 7) is 12.6. The summed E-state index contributed by atoms with van der Waals surface area (Å²) in [5, 5.41) is 4.43. The van der Waals surface area contributed by atoms with Gasteiger partial charge in [0.15, 0.2) is 0 Å². The Bertz CT molecular complexity index is 207. The van der Waals surface area contributed by atoms with Gasteiger partial charge in [0.1, 0.15) is 0 Å². The van der Waals surface area contributed by atoms with Crippen molar-refractivity contribution in [2.45, 2.75) is 60.9 Å². The van der Waals surface area contributed by atoms with Crippen molar-refractivity contribution in [1.29, 1.82) is 0 Å². The average Bonchev–Trinajstić information content (AvgIpc) is 2.73. The van der Waals surface area contributed by atoms with Crippen LogP contribution < -0.4 is 0 Å². The highest BCUT2D eigenvalue weighted by Gasteiger charge is 2.04. The smallest absolute Gasteiger partial charge is 0.0650 e. The van der Waals surface area contributed by atoms with Crippen LogP contribution in [0.2, 0.25) is 0 Å². The van der Waals surface area contributed by atoms with Gasteiger partial charge in [0, 0.05) is 12.2 Å². The molecule has 1 aromatic heterocycles. The Hall–Kier alpha value is -0.0600. The summed E-state index contributed by atoms with van der Waals surface area (Å²) in [4.78, 5) is 1.97. The van der Waals surface area contributed by atoms with Crippen LogP contribution in [0.25, 0.3) is 0 Å². The van der Waals surface area contributed by atoms with E-state index in [9.17, 15) is 0 Å². The summed E-state index contributed by atoms with van der Waals surface area (Å²) >= 11 is 2.15. The predicted molar refractivity (Wildman–Crippen MR) is 84.7 cm³/mol. The lowest BCUT2D eigenvalue weighted by Crippen LogP contribution is -2.02. The summed E-state index contributed by atoms with van der Waals surface area (Å²) < 4.78 is 2.00. The van der Waals surface area contributed by atoms with Crippen molar-refractivity contribution in [1.82, 2.24) is 9.78 Å². The highest BCUT2D eigenvalue weighted by Crippen LogP contribution is 2.12. The second-order valence-corrected chi connectivity index (χ2v) is 3.47. The third-order valence-electron chi connectivity index (χ3n) is 1.75. The van der Waals surface area contributed by atoms with E-state index in [-0.39, 0.29) is 7.43 Å². The lowest BCUT2D eigenvalue weighted by molar-refractivity contribution is 0.523. The van der Waals surface area contributed by atoms with Gasteiger partial charge in [-0.05, 0) is 30.8 Å². The van der Waals surface area contributed by atoms with Gasteiger partial charge in [-0.2, -0.15) is 5.10 Å². The highest BCUT2D eigenvalue weighted by molar-refractivity contribution is 14.1. The Labute approximate surface area is 116 Å². The fourth-order valence-electron chi connectivity index (χ4n) is 0.948. The van der Waals surface area contributed by atoms with Crippen LogP contribution in [0, 0.1) is 0 Å². The zero-order valence-corrected chi connectivity index (χ0v) is 13.2. The Morgan fingerprint density at radius 1 is 1.12 bits per heavy atom. The monoisotopic (exact) mass is 340 g/mol. The molecule has 0 aliphatic heterocycles. The first kappa shape index (κ1) is 21.2. The first-order chi connectivity index (χ1) is 7.11. The summed E-state index contributed by atoms with van der Waals surface area (Å²) in [6, 6.07) is 2.56. The predicted octanol–water partition coefficient (Wildman–Crippen LogP) is 5.30.